The predicted molar refractivity (Wildman–Crippen MR) is 100 cm³/mol. The monoisotopic (exact) mass is 340 g/mol. The Morgan fingerprint density at radius 1 is 1.24 bits per heavy atom. The number of fused-ring (bicyclic) bond motifs is 3. The van der Waals surface area contributed by atoms with Gasteiger partial charge in [-0.1, -0.05) is 13.8 Å². The first-order valence-electron chi connectivity index (χ1n) is 8.50. The van der Waals surface area contributed by atoms with E-state index in [4.69, 9.17) is 14.9 Å². The molecule has 2 aromatic heterocycles. The van der Waals surface area contributed by atoms with Crippen molar-refractivity contribution in [1.29, 1.82) is 0 Å². The van der Waals surface area contributed by atoms with Gasteiger partial charge in [-0.3, -0.25) is 4.98 Å². The lowest BCUT2D eigenvalue weighted by atomic mass is 9.93. The highest BCUT2D eigenvalue weighted by atomic mass is 16.5. The molecule has 0 aliphatic rings. The third-order valence-electron chi connectivity index (χ3n) is 4.15. The van der Waals surface area contributed by atoms with E-state index in [0.717, 1.165) is 22.9 Å². The maximum atomic E-state index is 12.2. The van der Waals surface area contributed by atoms with Gasteiger partial charge < -0.3 is 14.9 Å². The average molecular weight is 340 g/mol. The molecule has 0 bridgehead atoms. The van der Waals surface area contributed by atoms with Crippen molar-refractivity contribution in [2.24, 2.45) is 11.7 Å². The summed E-state index contributed by atoms with van der Waals surface area (Å²) in [5.74, 6) is 1.14. The number of pyridine rings is 1. The van der Waals surface area contributed by atoms with Crippen LogP contribution in [-0.4, -0.2) is 17.1 Å². The Hall–Kier alpha value is -2.40. The third kappa shape index (κ3) is 3.82. The molecule has 0 spiro atoms. The summed E-state index contributed by atoms with van der Waals surface area (Å²) in [4.78, 5) is 16.4. The molecule has 1 unspecified atom stereocenters. The predicted octanol–water partition coefficient (Wildman–Crippen LogP) is 3.79. The molecule has 0 amide bonds. The SMILES string of the molecule is Cc1cc2c(cn1)c(=O)oc1cc(OCC(C)(N)CC(C)C)ccc12. The Morgan fingerprint density at radius 2 is 2.00 bits per heavy atom. The molecule has 0 aliphatic carbocycles. The molecule has 132 valence electrons. The fraction of sp³-hybridized carbons (Fsp3) is 0.400. The topological polar surface area (TPSA) is 78.3 Å². The van der Waals surface area contributed by atoms with Gasteiger partial charge in [-0.2, -0.15) is 0 Å². The number of nitrogens with two attached hydrogens (primary N) is 1. The van der Waals surface area contributed by atoms with Crippen LogP contribution in [0.1, 0.15) is 32.9 Å². The zero-order chi connectivity index (χ0) is 18.2. The molecule has 5 heteroatoms. The molecule has 25 heavy (non-hydrogen) atoms. The molecular formula is C20H24N2O3. The number of ether oxygens (including phenoxy) is 1. The normalized spacial score (nSPS) is 14.2. The van der Waals surface area contributed by atoms with E-state index in [9.17, 15) is 4.79 Å². The van der Waals surface area contributed by atoms with Crippen molar-refractivity contribution in [3.8, 4) is 5.75 Å². The first-order valence-corrected chi connectivity index (χ1v) is 8.50. The van der Waals surface area contributed by atoms with E-state index in [1.54, 1.807) is 12.3 Å². The number of aryl methyl sites for hydroxylation is 1. The van der Waals surface area contributed by atoms with Gasteiger partial charge in [0.2, 0.25) is 0 Å². The van der Waals surface area contributed by atoms with Crippen LogP contribution in [0.3, 0.4) is 0 Å². The van der Waals surface area contributed by atoms with Gasteiger partial charge in [0.15, 0.2) is 0 Å². The van der Waals surface area contributed by atoms with Gasteiger partial charge in [0, 0.05) is 34.3 Å². The minimum absolute atomic E-state index is 0.393. The summed E-state index contributed by atoms with van der Waals surface area (Å²) in [6.07, 6.45) is 2.43. The first-order chi connectivity index (χ1) is 11.7. The fourth-order valence-electron chi connectivity index (χ4n) is 3.24. The van der Waals surface area contributed by atoms with Crippen molar-refractivity contribution >= 4 is 21.7 Å². The number of rotatable bonds is 5. The zero-order valence-corrected chi connectivity index (χ0v) is 15.1. The Balaban J connectivity index is 1.95. The molecule has 0 saturated carbocycles. The van der Waals surface area contributed by atoms with Gasteiger partial charge in [0.05, 0.1) is 5.39 Å². The van der Waals surface area contributed by atoms with Crippen LogP contribution in [0.4, 0.5) is 0 Å². The van der Waals surface area contributed by atoms with Gasteiger partial charge >= 0.3 is 5.63 Å². The van der Waals surface area contributed by atoms with Gasteiger partial charge in [0.25, 0.3) is 0 Å². The van der Waals surface area contributed by atoms with Crippen molar-refractivity contribution in [3.05, 3.63) is 46.6 Å². The first kappa shape index (κ1) is 17.4. The summed E-state index contributed by atoms with van der Waals surface area (Å²) in [7, 11) is 0. The van der Waals surface area contributed by atoms with Crippen molar-refractivity contribution in [1.82, 2.24) is 4.98 Å². The van der Waals surface area contributed by atoms with E-state index < -0.39 is 11.2 Å². The van der Waals surface area contributed by atoms with Gasteiger partial charge in [-0.05, 0) is 44.4 Å². The molecule has 5 nitrogen and oxygen atoms in total. The average Bonchev–Trinajstić information content (AvgIpc) is 2.51. The standard InChI is InChI=1S/C20H24N2O3/c1-12(2)9-20(4,21)11-24-14-5-6-15-16-7-13(3)22-10-17(16)19(23)25-18(15)8-14/h5-8,10,12H,9,11,21H2,1-4H3. The number of hydrogen-bond donors (Lipinski definition) is 1. The largest absolute Gasteiger partial charge is 0.492 e. The Bertz CT molecular complexity index is 974. The van der Waals surface area contributed by atoms with E-state index >= 15 is 0 Å². The van der Waals surface area contributed by atoms with Crippen LogP contribution in [-0.2, 0) is 0 Å². The van der Waals surface area contributed by atoms with E-state index in [-0.39, 0.29) is 0 Å². The maximum absolute atomic E-state index is 12.2. The molecule has 3 rings (SSSR count). The van der Waals surface area contributed by atoms with Gasteiger partial charge in [-0.15, -0.1) is 0 Å². The second kappa shape index (κ2) is 6.48. The molecule has 2 N–H and O–H groups in total. The van der Waals surface area contributed by atoms with Crippen LogP contribution in [0.15, 0.2) is 39.7 Å². The van der Waals surface area contributed by atoms with E-state index in [0.29, 0.717) is 29.2 Å². The van der Waals surface area contributed by atoms with Crippen LogP contribution < -0.4 is 16.1 Å². The van der Waals surface area contributed by atoms with Crippen LogP contribution in [0, 0.1) is 12.8 Å². The van der Waals surface area contributed by atoms with Crippen molar-refractivity contribution in [2.45, 2.75) is 39.7 Å². The number of nitrogens with zero attached hydrogens (tertiary/aromatic N) is 1. The fourth-order valence-corrected chi connectivity index (χ4v) is 3.24. The summed E-state index contributed by atoms with van der Waals surface area (Å²) in [6, 6.07) is 7.43. The highest BCUT2D eigenvalue weighted by Crippen LogP contribution is 2.27. The smallest absolute Gasteiger partial charge is 0.345 e. The summed E-state index contributed by atoms with van der Waals surface area (Å²) in [5.41, 5.74) is 6.85. The van der Waals surface area contributed by atoms with E-state index in [1.807, 2.05) is 32.0 Å². The molecule has 0 saturated heterocycles. The highest BCUT2D eigenvalue weighted by Gasteiger charge is 2.21. The lowest BCUT2D eigenvalue weighted by Gasteiger charge is -2.26. The third-order valence-corrected chi connectivity index (χ3v) is 4.15. The van der Waals surface area contributed by atoms with Crippen molar-refractivity contribution in [3.63, 3.8) is 0 Å². The number of hydrogen-bond acceptors (Lipinski definition) is 5. The summed E-state index contributed by atoms with van der Waals surface area (Å²) < 4.78 is 11.3. The van der Waals surface area contributed by atoms with E-state index in [1.165, 1.54) is 0 Å². The van der Waals surface area contributed by atoms with Crippen LogP contribution in [0.25, 0.3) is 21.7 Å². The lowest BCUT2D eigenvalue weighted by molar-refractivity contribution is 0.207. The lowest BCUT2D eigenvalue weighted by Crippen LogP contribution is -2.43. The van der Waals surface area contributed by atoms with Gasteiger partial charge in [0.1, 0.15) is 17.9 Å². The number of benzene rings is 1. The van der Waals surface area contributed by atoms with Gasteiger partial charge in [-0.25, -0.2) is 4.79 Å². The highest BCUT2D eigenvalue weighted by molar-refractivity contribution is 6.04. The zero-order valence-electron chi connectivity index (χ0n) is 15.1. The van der Waals surface area contributed by atoms with Crippen LogP contribution >= 0.6 is 0 Å². The van der Waals surface area contributed by atoms with E-state index in [2.05, 4.69) is 18.8 Å². The minimum atomic E-state index is -0.407. The molecule has 0 aliphatic heterocycles. The Morgan fingerprint density at radius 3 is 2.72 bits per heavy atom. The molecule has 0 radical (unpaired) electrons. The molecule has 0 fully saturated rings. The molecule has 3 aromatic rings. The summed E-state index contributed by atoms with van der Waals surface area (Å²) in [5, 5.41) is 2.19. The summed E-state index contributed by atoms with van der Waals surface area (Å²) in [6.45, 7) is 8.55. The second-order valence-corrected chi connectivity index (χ2v) is 7.46. The Labute approximate surface area is 146 Å². The van der Waals surface area contributed by atoms with Crippen LogP contribution in [0.5, 0.6) is 5.75 Å². The van der Waals surface area contributed by atoms with Crippen molar-refractivity contribution < 1.29 is 9.15 Å². The van der Waals surface area contributed by atoms with Crippen LogP contribution in [0.2, 0.25) is 0 Å². The molecule has 1 aromatic carbocycles. The Kier molecular flexibility index (Phi) is 4.52. The quantitative estimate of drug-likeness (QED) is 0.565. The molecular weight excluding hydrogens is 316 g/mol. The summed E-state index contributed by atoms with van der Waals surface area (Å²) >= 11 is 0. The second-order valence-electron chi connectivity index (χ2n) is 7.46. The number of aromatic nitrogens is 1. The molecule has 2 heterocycles. The van der Waals surface area contributed by atoms with Crippen molar-refractivity contribution in [2.75, 3.05) is 6.61 Å². The minimum Gasteiger partial charge on any atom is -0.492 e. The maximum Gasteiger partial charge on any atom is 0.345 e. The molecule has 1 atom stereocenters.